The molecule has 0 spiro atoms. The highest BCUT2D eigenvalue weighted by Gasteiger charge is 2.33. The quantitative estimate of drug-likeness (QED) is 0.206. The molecule has 2 amide bonds. The number of primary amides is 1. The highest BCUT2D eigenvalue weighted by atomic mass is 16.6. The Morgan fingerprint density at radius 1 is 1.16 bits per heavy atom. The first-order valence-corrected chi connectivity index (χ1v) is 15.1. The average molecular weight is 631 g/mol. The van der Waals surface area contributed by atoms with Crippen molar-refractivity contribution in [2.75, 3.05) is 20.8 Å². The van der Waals surface area contributed by atoms with Crippen molar-refractivity contribution in [2.24, 2.45) is 23.3 Å². The van der Waals surface area contributed by atoms with Crippen LogP contribution in [0.25, 0.3) is 0 Å². The van der Waals surface area contributed by atoms with E-state index in [4.69, 9.17) is 25.7 Å². The van der Waals surface area contributed by atoms with E-state index in [2.05, 4.69) is 10.6 Å². The Labute approximate surface area is 266 Å². The highest BCUT2D eigenvalue weighted by Crippen LogP contribution is 2.29. The van der Waals surface area contributed by atoms with Gasteiger partial charge in [-0.05, 0) is 58.4 Å². The Hall–Kier alpha value is -3.58. The Bertz CT molecular complexity index is 1270. The van der Waals surface area contributed by atoms with Crippen LogP contribution >= 0.6 is 0 Å². The Kier molecular flexibility index (Phi) is 13.9. The summed E-state index contributed by atoms with van der Waals surface area (Å²) in [7, 11) is 2.92. The van der Waals surface area contributed by atoms with Crippen LogP contribution in [-0.4, -0.2) is 79.4 Å². The molecule has 7 N–H and O–H groups in total. The van der Waals surface area contributed by atoms with Crippen molar-refractivity contribution in [3.05, 3.63) is 58.5 Å². The molecule has 1 aliphatic heterocycles. The van der Waals surface area contributed by atoms with Crippen LogP contribution in [-0.2, 0) is 28.6 Å². The number of aliphatic hydroxyl groups excluding tert-OH is 1. The number of carbonyl (C=O) groups is 4. The standard InChI is InChI=1S/C33H50N4O8/c1-18-14-22-27(36-13-12-33(5,6)35)24(38)17-23(29(22)40)37-31(41)19(2)10-9-11-25(43-7)30(45-32(34)42)21(4)16-20(3)28(39)26(15-18)44-8/h9-11,16-18,20,25-26,28,30,36,39H,12-15,35H2,1-8H3,(H2,34,42)(H,37,41)/b11-9-,19-10-,21-16-/t18-,20+,25+,26+,28-,30+/m1/s1. The van der Waals surface area contributed by atoms with Gasteiger partial charge in [0.05, 0.1) is 23.6 Å². The van der Waals surface area contributed by atoms with Crippen molar-refractivity contribution < 1.29 is 38.5 Å². The smallest absolute Gasteiger partial charge is 0.405 e. The summed E-state index contributed by atoms with van der Waals surface area (Å²) in [4.78, 5) is 51.9. The van der Waals surface area contributed by atoms with Crippen LogP contribution in [0.1, 0.15) is 60.8 Å². The molecule has 1 aliphatic carbocycles. The van der Waals surface area contributed by atoms with Gasteiger partial charge >= 0.3 is 6.09 Å². The second-order valence-electron chi connectivity index (χ2n) is 12.6. The minimum Gasteiger partial charge on any atom is -0.439 e. The zero-order valence-corrected chi connectivity index (χ0v) is 27.6. The molecular weight excluding hydrogens is 580 g/mol. The van der Waals surface area contributed by atoms with Crippen LogP contribution in [0, 0.1) is 11.8 Å². The maximum atomic E-state index is 13.7. The van der Waals surface area contributed by atoms with E-state index >= 15 is 0 Å². The topological polar surface area (TPSA) is 192 Å². The first-order valence-electron chi connectivity index (χ1n) is 15.1. The van der Waals surface area contributed by atoms with E-state index in [9.17, 15) is 24.3 Å². The molecule has 45 heavy (non-hydrogen) atoms. The Balaban J connectivity index is 2.60. The molecule has 12 heteroatoms. The number of amides is 2. The average Bonchev–Trinajstić information content (AvgIpc) is 2.95. The Morgan fingerprint density at radius 3 is 2.40 bits per heavy atom. The first kappa shape index (κ1) is 37.6. The van der Waals surface area contributed by atoms with Crippen molar-refractivity contribution in [2.45, 2.75) is 90.8 Å². The van der Waals surface area contributed by atoms with E-state index in [-0.39, 0.29) is 34.9 Å². The van der Waals surface area contributed by atoms with Crippen molar-refractivity contribution >= 4 is 23.6 Å². The van der Waals surface area contributed by atoms with Gasteiger partial charge in [-0.15, -0.1) is 0 Å². The lowest BCUT2D eigenvalue weighted by Crippen LogP contribution is -2.39. The zero-order valence-electron chi connectivity index (χ0n) is 27.6. The molecule has 1 heterocycles. The van der Waals surface area contributed by atoms with Crippen LogP contribution in [0.3, 0.4) is 0 Å². The van der Waals surface area contributed by atoms with Gasteiger partial charge in [-0.1, -0.05) is 38.2 Å². The van der Waals surface area contributed by atoms with Crippen molar-refractivity contribution in [1.29, 1.82) is 0 Å². The molecule has 2 rings (SSSR count). The lowest BCUT2D eigenvalue weighted by atomic mass is 9.85. The van der Waals surface area contributed by atoms with Gasteiger partial charge in [0.1, 0.15) is 6.10 Å². The fraction of sp³-hybridized carbons (Fsp3) is 0.576. The van der Waals surface area contributed by atoms with E-state index in [1.807, 2.05) is 20.8 Å². The summed E-state index contributed by atoms with van der Waals surface area (Å²) in [6, 6.07) is 0. The van der Waals surface area contributed by atoms with Gasteiger partial charge in [-0.3, -0.25) is 14.4 Å². The zero-order chi connectivity index (χ0) is 34.1. The second-order valence-corrected chi connectivity index (χ2v) is 12.6. The summed E-state index contributed by atoms with van der Waals surface area (Å²) >= 11 is 0. The molecule has 0 fully saturated rings. The number of allylic oxidation sites excluding steroid dienone is 4. The number of rotatable bonds is 7. The van der Waals surface area contributed by atoms with Gasteiger partial charge in [-0.25, -0.2) is 4.79 Å². The van der Waals surface area contributed by atoms with Crippen molar-refractivity contribution in [3.63, 3.8) is 0 Å². The van der Waals surface area contributed by atoms with Crippen LogP contribution in [0.4, 0.5) is 4.79 Å². The second kappa shape index (κ2) is 16.6. The largest absolute Gasteiger partial charge is 0.439 e. The number of ether oxygens (including phenoxy) is 3. The summed E-state index contributed by atoms with van der Waals surface area (Å²) in [5.41, 5.74) is 12.1. The van der Waals surface area contributed by atoms with E-state index in [1.54, 1.807) is 39.0 Å². The van der Waals surface area contributed by atoms with E-state index in [0.717, 1.165) is 6.08 Å². The maximum absolute atomic E-state index is 13.7. The van der Waals surface area contributed by atoms with Crippen LogP contribution in [0.15, 0.2) is 58.5 Å². The summed E-state index contributed by atoms with van der Waals surface area (Å²) in [6.07, 6.45) is 4.30. The number of nitrogens with two attached hydrogens (primary N) is 2. The van der Waals surface area contributed by atoms with Gasteiger partial charge in [-0.2, -0.15) is 0 Å². The minimum absolute atomic E-state index is 0.131. The SMILES string of the molecule is CO[C@H]1/C=C\C=C(\C)C(=O)NC2=CC(=O)C(NCCC(C)(C)N)=C(C[C@@H](C)C[C@H](OC)[C@H](O)[C@@H](C)/C=C(/C)[C@@H]1OC(N)=O)C2=O. The van der Waals surface area contributed by atoms with E-state index in [0.29, 0.717) is 25.0 Å². The molecule has 2 aliphatic rings. The number of fused-ring (bicyclic) bond motifs is 2. The number of hydrogen-bond acceptors (Lipinski definition) is 10. The van der Waals surface area contributed by atoms with Crippen LogP contribution < -0.4 is 22.1 Å². The van der Waals surface area contributed by atoms with Gasteiger partial charge in [0.25, 0.3) is 5.91 Å². The van der Waals surface area contributed by atoms with Gasteiger partial charge in [0, 0.05) is 49.4 Å². The predicted octanol–water partition coefficient (Wildman–Crippen LogP) is 2.48. The molecular formula is C33H50N4O8. The monoisotopic (exact) mass is 630 g/mol. The summed E-state index contributed by atoms with van der Waals surface area (Å²) in [5.74, 6) is -2.15. The summed E-state index contributed by atoms with van der Waals surface area (Å²) in [6.45, 7) is 11.1. The fourth-order valence-electron chi connectivity index (χ4n) is 5.29. The number of hydrogen-bond donors (Lipinski definition) is 5. The molecule has 0 unspecified atom stereocenters. The molecule has 0 radical (unpaired) electrons. The third kappa shape index (κ3) is 11.1. The number of methoxy groups -OCH3 is 2. The van der Waals surface area contributed by atoms with Gasteiger partial charge in [0.15, 0.2) is 6.10 Å². The number of carbonyl (C=O) groups excluding carboxylic acids is 4. The maximum Gasteiger partial charge on any atom is 0.405 e. The van der Waals surface area contributed by atoms with E-state index < -0.39 is 59.4 Å². The van der Waals surface area contributed by atoms with Crippen LogP contribution in [0.2, 0.25) is 0 Å². The number of aliphatic hydroxyl groups is 1. The molecule has 0 saturated carbocycles. The summed E-state index contributed by atoms with van der Waals surface area (Å²) < 4.78 is 16.6. The molecule has 0 aromatic heterocycles. The molecule has 0 aromatic rings. The minimum atomic E-state index is -1.00. The lowest BCUT2D eigenvalue weighted by molar-refractivity contribution is -0.120. The van der Waals surface area contributed by atoms with E-state index in [1.165, 1.54) is 20.3 Å². The molecule has 2 bridgehead atoms. The van der Waals surface area contributed by atoms with Crippen molar-refractivity contribution in [1.82, 2.24) is 10.6 Å². The summed E-state index contributed by atoms with van der Waals surface area (Å²) in [5, 5.41) is 17.0. The van der Waals surface area contributed by atoms with Gasteiger partial charge < -0.3 is 41.4 Å². The molecule has 12 nitrogen and oxygen atoms in total. The molecule has 6 atom stereocenters. The number of nitrogens with one attached hydrogen (secondary N) is 2. The van der Waals surface area contributed by atoms with Gasteiger partial charge in [0.2, 0.25) is 11.6 Å². The third-order valence-electron chi connectivity index (χ3n) is 7.86. The normalized spacial score (nSPS) is 30.8. The van der Waals surface area contributed by atoms with Crippen molar-refractivity contribution in [3.8, 4) is 0 Å². The lowest BCUT2D eigenvalue weighted by Gasteiger charge is -2.30. The highest BCUT2D eigenvalue weighted by molar-refractivity contribution is 6.23. The fourth-order valence-corrected chi connectivity index (χ4v) is 5.29. The Morgan fingerprint density at radius 2 is 1.82 bits per heavy atom. The predicted molar refractivity (Wildman–Crippen MR) is 170 cm³/mol. The van der Waals surface area contributed by atoms with Crippen LogP contribution in [0.5, 0.6) is 0 Å². The number of Topliss-reactive ketones (excluding diaryl/α,β-unsaturated/α-hetero) is 1. The molecule has 0 aromatic carbocycles. The number of ketones is 2. The first-order chi connectivity index (χ1) is 21.0. The molecule has 0 saturated heterocycles. The third-order valence-corrected chi connectivity index (χ3v) is 7.86. The molecule has 250 valence electrons.